The van der Waals surface area contributed by atoms with Gasteiger partial charge in [0.1, 0.15) is 19.3 Å². The minimum atomic E-state index is -0.531. The summed E-state index contributed by atoms with van der Waals surface area (Å²) in [4.78, 5) is 35.2. The van der Waals surface area contributed by atoms with E-state index in [2.05, 4.69) is 12.2 Å². The predicted molar refractivity (Wildman–Crippen MR) is 109 cm³/mol. The molecular formula is C18H33Cl2N3O5Pt. The van der Waals surface area contributed by atoms with Crippen molar-refractivity contribution >= 4 is 36.5 Å². The molecule has 1 aliphatic carbocycles. The molecule has 1 amide bonds. The molecule has 29 heavy (non-hydrogen) atoms. The molecule has 1 fully saturated rings. The molecule has 1 saturated carbocycles. The van der Waals surface area contributed by atoms with E-state index in [4.69, 9.17) is 39.8 Å². The summed E-state index contributed by atoms with van der Waals surface area (Å²) in [7, 11) is 9.75. The van der Waals surface area contributed by atoms with Crippen LogP contribution in [0, 0.1) is 0 Å². The van der Waals surface area contributed by atoms with Crippen molar-refractivity contribution in [3.63, 3.8) is 0 Å². The average Bonchev–Trinajstić information content (AvgIpc) is 2.64. The molecule has 0 aromatic carbocycles. The van der Waals surface area contributed by atoms with Crippen LogP contribution in [0.3, 0.4) is 0 Å². The van der Waals surface area contributed by atoms with Gasteiger partial charge in [0.2, 0.25) is 5.91 Å². The third kappa shape index (κ3) is 14.4. The van der Waals surface area contributed by atoms with Gasteiger partial charge in [-0.1, -0.05) is 26.2 Å². The first-order chi connectivity index (χ1) is 13.7. The number of rotatable bonds is 11. The predicted octanol–water partition coefficient (Wildman–Crippen LogP) is 1.78. The molecule has 5 N–H and O–H groups in total. The number of carbonyl (C=O) groups excluding carboxylic acids is 3. The first-order valence-electron chi connectivity index (χ1n) is 9.65. The number of nitrogens with one attached hydrogen (secondary N) is 1. The van der Waals surface area contributed by atoms with E-state index in [1.807, 2.05) is 0 Å². The maximum absolute atomic E-state index is 11.9. The Morgan fingerprint density at radius 3 is 2.34 bits per heavy atom. The van der Waals surface area contributed by atoms with Gasteiger partial charge in [-0.2, -0.15) is 0 Å². The summed E-state index contributed by atoms with van der Waals surface area (Å²) >= 11 is -0.472. The molecule has 174 valence electrons. The summed E-state index contributed by atoms with van der Waals surface area (Å²) in [5, 5.41) is 2.65. The number of esters is 1. The molecule has 0 aromatic rings. The first-order valence-corrected chi connectivity index (χ1v) is 15.3. The van der Waals surface area contributed by atoms with Gasteiger partial charge in [0.15, 0.2) is 5.78 Å². The quantitative estimate of drug-likeness (QED) is 0.233. The zero-order chi connectivity index (χ0) is 22.2. The Labute approximate surface area is 189 Å². The number of halogens is 2. The molecule has 8 nitrogen and oxygen atoms in total. The van der Waals surface area contributed by atoms with Crippen LogP contribution in [0.25, 0.3) is 0 Å². The number of amides is 1. The van der Waals surface area contributed by atoms with E-state index in [1.165, 1.54) is 6.92 Å². The van der Waals surface area contributed by atoms with E-state index in [1.54, 1.807) is 0 Å². The number of hydrogen-bond donors (Lipinski definition) is 3. The molecule has 0 radical (unpaired) electrons. The van der Waals surface area contributed by atoms with Crippen LogP contribution in [-0.4, -0.2) is 55.1 Å². The molecular weight excluding hydrogens is 604 g/mol. The van der Waals surface area contributed by atoms with Crippen LogP contribution in [0.15, 0.2) is 0 Å². The van der Waals surface area contributed by atoms with Crippen molar-refractivity contribution in [2.24, 2.45) is 11.5 Å². The number of hydrogen-bond acceptors (Lipinski definition) is 7. The van der Waals surface area contributed by atoms with Crippen LogP contribution in [0.2, 0.25) is 0 Å². The number of nitrogens with two attached hydrogens (primary N) is 2. The molecule has 1 aliphatic rings. The van der Waals surface area contributed by atoms with Gasteiger partial charge in [0, 0.05) is 18.5 Å². The van der Waals surface area contributed by atoms with Crippen LogP contribution >= 0.6 is 18.8 Å². The summed E-state index contributed by atoms with van der Waals surface area (Å²) in [6.45, 7) is 2.92. The summed E-state index contributed by atoms with van der Waals surface area (Å²) in [6, 6.07) is -0.738. The van der Waals surface area contributed by atoms with Crippen molar-refractivity contribution in [1.29, 1.82) is 0 Å². The SMILES string of the molecule is CCCCCC(NC(=O)COCC(=O)O[C@H]1CC[C@@H](N)[C@H](N)C1)C(C)=O.[Cl][Pt][Cl]. The van der Waals surface area contributed by atoms with Gasteiger partial charge >= 0.3 is 41.3 Å². The van der Waals surface area contributed by atoms with Crippen LogP contribution in [-0.2, 0) is 40.3 Å². The number of unbranched alkanes of at least 4 members (excludes halogenated alkanes) is 2. The first kappa shape index (κ1) is 28.8. The summed E-state index contributed by atoms with van der Waals surface area (Å²) in [5.41, 5.74) is 11.7. The average molecular weight is 637 g/mol. The fourth-order valence-electron chi connectivity index (χ4n) is 2.95. The Morgan fingerprint density at radius 1 is 1.14 bits per heavy atom. The van der Waals surface area contributed by atoms with Crippen molar-refractivity contribution in [3.05, 3.63) is 0 Å². The third-order valence-corrected chi connectivity index (χ3v) is 4.58. The third-order valence-electron chi connectivity index (χ3n) is 4.58. The Morgan fingerprint density at radius 2 is 1.79 bits per heavy atom. The van der Waals surface area contributed by atoms with Gasteiger partial charge in [0.05, 0.1) is 6.04 Å². The van der Waals surface area contributed by atoms with Crippen LogP contribution in [0.4, 0.5) is 0 Å². The second kappa shape index (κ2) is 17.4. The second-order valence-electron chi connectivity index (χ2n) is 7.02. The van der Waals surface area contributed by atoms with E-state index in [-0.39, 0.29) is 37.2 Å². The number of Topliss-reactive ketones (excluding diaryl/α,β-unsaturated/α-hetero) is 1. The van der Waals surface area contributed by atoms with Crippen LogP contribution < -0.4 is 16.8 Å². The van der Waals surface area contributed by atoms with Crippen LogP contribution in [0.1, 0.15) is 58.8 Å². The van der Waals surface area contributed by atoms with Gasteiger partial charge in [-0.05, 0) is 26.2 Å². The standard InChI is InChI=1S/C18H33N3O5.2ClH.Pt/c1-3-4-5-6-16(12(2)22)21-17(23)10-25-11-18(24)26-13-7-8-14(19)15(20)9-13;;;/h13-16H,3-11,19-20H2,1-2H3,(H,21,23);2*1H;/q;;;+2/p-2/t13-,14+,15+,16?;;;/m0.../s1. The number of ketones is 1. The van der Waals surface area contributed by atoms with Gasteiger partial charge < -0.3 is 26.3 Å². The maximum atomic E-state index is 11.9. The molecule has 1 rings (SSSR count). The van der Waals surface area contributed by atoms with E-state index in [0.29, 0.717) is 25.7 Å². The van der Waals surface area contributed by atoms with Crippen molar-refractivity contribution in [2.75, 3.05) is 13.2 Å². The fourth-order valence-corrected chi connectivity index (χ4v) is 2.95. The van der Waals surface area contributed by atoms with E-state index in [0.717, 1.165) is 19.3 Å². The minimum absolute atomic E-state index is 0.0588. The molecule has 0 saturated heterocycles. The summed E-state index contributed by atoms with van der Waals surface area (Å²) < 4.78 is 10.4. The molecule has 0 aliphatic heterocycles. The van der Waals surface area contributed by atoms with Gasteiger partial charge in [-0.15, -0.1) is 0 Å². The number of carbonyl (C=O) groups is 3. The van der Waals surface area contributed by atoms with Gasteiger partial charge in [0.25, 0.3) is 0 Å². The molecule has 1 unspecified atom stereocenters. The monoisotopic (exact) mass is 636 g/mol. The zero-order valence-electron chi connectivity index (χ0n) is 16.9. The Balaban J connectivity index is 0.00000245. The van der Waals surface area contributed by atoms with Crippen LogP contribution in [0.5, 0.6) is 0 Å². The summed E-state index contributed by atoms with van der Waals surface area (Å²) in [5.74, 6) is -1.03. The molecule has 4 atom stereocenters. The second-order valence-corrected chi connectivity index (χ2v) is 10.3. The van der Waals surface area contributed by atoms with E-state index < -0.39 is 34.4 Å². The fraction of sp³-hybridized carbons (Fsp3) is 0.833. The molecule has 0 heterocycles. The molecule has 0 spiro atoms. The topological polar surface area (TPSA) is 134 Å². The van der Waals surface area contributed by atoms with Gasteiger partial charge in [-0.3, -0.25) is 9.59 Å². The van der Waals surface area contributed by atoms with Crippen molar-refractivity contribution in [1.82, 2.24) is 5.32 Å². The van der Waals surface area contributed by atoms with E-state index in [9.17, 15) is 14.4 Å². The zero-order valence-corrected chi connectivity index (χ0v) is 20.7. The Kier molecular flexibility index (Phi) is 17.3. The summed E-state index contributed by atoms with van der Waals surface area (Å²) in [6.07, 6.45) is 5.22. The Hall–Kier alpha value is -0.242. The van der Waals surface area contributed by atoms with Crippen molar-refractivity contribution in [2.45, 2.75) is 83.0 Å². The molecule has 0 bridgehead atoms. The normalized spacial score (nSPS) is 22.2. The molecule has 0 aromatic heterocycles. The molecule has 11 heteroatoms. The van der Waals surface area contributed by atoms with Gasteiger partial charge in [-0.25, -0.2) is 4.79 Å². The van der Waals surface area contributed by atoms with Crippen molar-refractivity contribution < 1.29 is 40.3 Å². The Bertz CT molecular complexity index is 502. The van der Waals surface area contributed by atoms with E-state index >= 15 is 0 Å². The van der Waals surface area contributed by atoms with Crippen molar-refractivity contribution in [3.8, 4) is 0 Å². The number of ether oxygens (including phenoxy) is 2.